The SMILES string of the molecule is CC(C)CC(C)(N)COc1ccc(-c2ccncn2)cc1C(F)(F)F. The minimum absolute atomic E-state index is 0.00110. The van der Waals surface area contributed by atoms with Crippen LogP contribution in [0.4, 0.5) is 13.2 Å². The average molecular weight is 353 g/mol. The number of hydrogen-bond donors (Lipinski definition) is 1. The van der Waals surface area contributed by atoms with Gasteiger partial charge in [0.05, 0.1) is 11.3 Å². The lowest BCUT2D eigenvalue weighted by Gasteiger charge is -2.27. The van der Waals surface area contributed by atoms with Crippen molar-refractivity contribution in [3.63, 3.8) is 0 Å². The first-order valence-corrected chi connectivity index (χ1v) is 7.98. The second-order valence-corrected chi connectivity index (χ2v) is 6.84. The van der Waals surface area contributed by atoms with Crippen molar-refractivity contribution < 1.29 is 17.9 Å². The molecular formula is C18H22F3N3O. The molecule has 2 rings (SSSR count). The molecule has 0 spiro atoms. The number of ether oxygens (including phenoxy) is 1. The lowest BCUT2D eigenvalue weighted by atomic mass is 9.93. The van der Waals surface area contributed by atoms with Gasteiger partial charge in [-0.3, -0.25) is 0 Å². The van der Waals surface area contributed by atoms with Crippen molar-refractivity contribution in [2.75, 3.05) is 6.61 Å². The van der Waals surface area contributed by atoms with Crippen molar-refractivity contribution in [3.8, 4) is 17.0 Å². The number of aromatic nitrogens is 2. The maximum absolute atomic E-state index is 13.4. The van der Waals surface area contributed by atoms with E-state index in [-0.39, 0.29) is 12.4 Å². The van der Waals surface area contributed by atoms with Gasteiger partial charge < -0.3 is 10.5 Å². The van der Waals surface area contributed by atoms with Gasteiger partial charge in [-0.15, -0.1) is 0 Å². The minimum Gasteiger partial charge on any atom is -0.491 e. The molecule has 7 heteroatoms. The second-order valence-electron chi connectivity index (χ2n) is 6.84. The maximum atomic E-state index is 13.4. The zero-order chi connectivity index (χ0) is 18.7. The number of hydrogen-bond acceptors (Lipinski definition) is 4. The van der Waals surface area contributed by atoms with Crippen LogP contribution in [-0.4, -0.2) is 22.1 Å². The van der Waals surface area contributed by atoms with Crippen LogP contribution < -0.4 is 10.5 Å². The molecule has 0 fully saturated rings. The molecule has 0 aliphatic rings. The summed E-state index contributed by atoms with van der Waals surface area (Å²) in [6.45, 7) is 5.78. The molecule has 1 aromatic carbocycles. The van der Waals surface area contributed by atoms with Gasteiger partial charge in [0.15, 0.2) is 0 Å². The third-order valence-corrected chi connectivity index (χ3v) is 3.59. The van der Waals surface area contributed by atoms with E-state index in [4.69, 9.17) is 10.5 Å². The van der Waals surface area contributed by atoms with Crippen LogP contribution in [0.1, 0.15) is 32.8 Å². The van der Waals surface area contributed by atoms with Gasteiger partial charge in [0.2, 0.25) is 0 Å². The monoisotopic (exact) mass is 353 g/mol. The van der Waals surface area contributed by atoms with Gasteiger partial charge in [0.1, 0.15) is 18.7 Å². The predicted molar refractivity (Wildman–Crippen MR) is 90.0 cm³/mol. The summed E-state index contributed by atoms with van der Waals surface area (Å²) >= 11 is 0. The Hall–Kier alpha value is -2.15. The molecule has 0 radical (unpaired) electrons. The van der Waals surface area contributed by atoms with Crippen LogP contribution in [0.5, 0.6) is 5.75 Å². The summed E-state index contributed by atoms with van der Waals surface area (Å²) in [6, 6.07) is 5.44. The van der Waals surface area contributed by atoms with Crippen molar-refractivity contribution in [2.45, 2.75) is 38.9 Å². The molecule has 0 saturated carbocycles. The number of rotatable bonds is 6. The largest absolute Gasteiger partial charge is 0.491 e. The van der Waals surface area contributed by atoms with Gasteiger partial charge in [0.25, 0.3) is 0 Å². The molecule has 4 nitrogen and oxygen atoms in total. The van der Waals surface area contributed by atoms with E-state index in [1.54, 1.807) is 19.1 Å². The Morgan fingerprint density at radius 3 is 2.48 bits per heavy atom. The fourth-order valence-electron chi connectivity index (χ4n) is 2.73. The van der Waals surface area contributed by atoms with Gasteiger partial charge in [-0.2, -0.15) is 13.2 Å². The van der Waals surface area contributed by atoms with E-state index in [9.17, 15) is 13.2 Å². The third kappa shape index (κ3) is 5.42. The first kappa shape index (κ1) is 19.2. The highest BCUT2D eigenvalue weighted by atomic mass is 19.4. The number of nitrogens with two attached hydrogens (primary N) is 1. The summed E-state index contributed by atoms with van der Waals surface area (Å²) in [5.41, 5.74) is 5.33. The van der Waals surface area contributed by atoms with Crippen LogP contribution >= 0.6 is 0 Å². The Balaban J connectivity index is 2.29. The molecule has 1 atom stereocenters. The molecule has 2 aromatic rings. The van der Waals surface area contributed by atoms with Crippen molar-refractivity contribution in [2.24, 2.45) is 11.7 Å². The molecule has 2 N–H and O–H groups in total. The molecule has 0 amide bonds. The van der Waals surface area contributed by atoms with E-state index < -0.39 is 17.3 Å². The molecule has 1 heterocycles. The van der Waals surface area contributed by atoms with Crippen molar-refractivity contribution >= 4 is 0 Å². The van der Waals surface area contributed by atoms with Crippen molar-refractivity contribution in [1.82, 2.24) is 9.97 Å². The van der Waals surface area contributed by atoms with Gasteiger partial charge in [-0.25, -0.2) is 9.97 Å². The van der Waals surface area contributed by atoms with E-state index in [0.717, 1.165) is 6.07 Å². The van der Waals surface area contributed by atoms with E-state index in [2.05, 4.69) is 9.97 Å². The first-order valence-electron chi connectivity index (χ1n) is 7.98. The van der Waals surface area contributed by atoms with Gasteiger partial charge in [0, 0.05) is 17.3 Å². The third-order valence-electron chi connectivity index (χ3n) is 3.59. The molecule has 25 heavy (non-hydrogen) atoms. The summed E-state index contributed by atoms with van der Waals surface area (Å²) in [5.74, 6) is 0.0894. The van der Waals surface area contributed by atoms with Crippen molar-refractivity contribution in [1.29, 1.82) is 0 Å². The molecule has 0 bridgehead atoms. The lowest BCUT2D eigenvalue weighted by molar-refractivity contribution is -0.139. The highest BCUT2D eigenvalue weighted by molar-refractivity contribution is 5.62. The van der Waals surface area contributed by atoms with Crippen molar-refractivity contribution in [3.05, 3.63) is 42.4 Å². The summed E-state index contributed by atoms with van der Waals surface area (Å²) in [6.07, 6.45) is -1.13. The second kappa shape index (κ2) is 7.39. The van der Waals surface area contributed by atoms with Crippen LogP contribution in [-0.2, 0) is 6.18 Å². The summed E-state index contributed by atoms with van der Waals surface area (Å²) in [4.78, 5) is 7.75. The summed E-state index contributed by atoms with van der Waals surface area (Å²) < 4.78 is 45.7. The predicted octanol–water partition coefficient (Wildman–Crippen LogP) is 4.30. The Labute approximate surface area is 145 Å². The smallest absolute Gasteiger partial charge is 0.419 e. The topological polar surface area (TPSA) is 61.0 Å². The summed E-state index contributed by atoms with van der Waals surface area (Å²) in [5, 5.41) is 0. The molecule has 136 valence electrons. The zero-order valence-electron chi connectivity index (χ0n) is 14.5. The molecule has 1 unspecified atom stereocenters. The van der Waals surface area contributed by atoms with Crippen LogP contribution in [0.2, 0.25) is 0 Å². The zero-order valence-corrected chi connectivity index (χ0v) is 14.5. The van der Waals surface area contributed by atoms with E-state index in [1.165, 1.54) is 18.6 Å². The Morgan fingerprint density at radius 2 is 1.92 bits per heavy atom. The minimum atomic E-state index is -4.54. The standard InChI is InChI=1S/C18H22F3N3O/c1-12(2)9-17(3,22)10-25-16-5-4-13(8-14(16)18(19,20)21)15-6-7-23-11-24-15/h4-8,11-12H,9-10,22H2,1-3H3. The van der Waals surface area contributed by atoms with Crippen LogP contribution in [0.25, 0.3) is 11.3 Å². The molecule has 1 aromatic heterocycles. The molecule has 0 aliphatic heterocycles. The first-order chi connectivity index (χ1) is 11.6. The number of benzene rings is 1. The number of alkyl halides is 3. The molecule has 0 aliphatic carbocycles. The average Bonchev–Trinajstić information content (AvgIpc) is 2.51. The van der Waals surface area contributed by atoms with E-state index >= 15 is 0 Å². The number of halogens is 3. The maximum Gasteiger partial charge on any atom is 0.419 e. The highest BCUT2D eigenvalue weighted by Crippen LogP contribution is 2.38. The fourth-order valence-corrected chi connectivity index (χ4v) is 2.73. The van der Waals surface area contributed by atoms with Gasteiger partial charge in [-0.1, -0.05) is 13.8 Å². The fraction of sp³-hybridized carbons (Fsp3) is 0.444. The molecule has 0 saturated heterocycles. The summed E-state index contributed by atoms with van der Waals surface area (Å²) in [7, 11) is 0. The van der Waals surface area contributed by atoms with Crippen LogP contribution in [0.3, 0.4) is 0 Å². The quantitative estimate of drug-likeness (QED) is 0.841. The van der Waals surface area contributed by atoms with E-state index in [1.807, 2.05) is 13.8 Å². The normalized spacial score (nSPS) is 14.4. The Bertz CT molecular complexity index is 700. The Kier molecular flexibility index (Phi) is 5.67. The molecular weight excluding hydrogens is 331 g/mol. The highest BCUT2D eigenvalue weighted by Gasteiger charge is 2.35. The number of nitrogens with zero attached hydrogens (tertiary/aromatic N) is 2. The van der Waals surface area contributed by atoms with Gasteiger partial charge >= 0.3 is 6.18 Å². The lowest BCUT2D eigenvalue weighted by Crippen LogP contribution is -2.43. The Morgan fingerprint density at radius 1 is 1.20 bits per heavy atom. The van der Waals surface area contributed by atoms with Crippen LogP contribution in [0.15, 0.2) is 36.8 Å². The van der Waals surface area contributed by atoms with Gasteiger partial charge in [-0.05, 0) is 43.5 Å². The van der Waals surface area contributed by atoms with Crippen LogP contribution in [0, 0.1) is 5.92 Å². The van der Waals surface area contributed by atoms with E-state index in [0.29, 0.717) is 23.6 Å².